The normalized spacial score (nSPS) is 14.1. The van der Waals surface area contributed by atoms with Gasteiger partial charge in [0.25, 0.3) is 0 Å². The van der Waals surface area contributed by atoms with Crippen LogP contribution in [0.5, 0.6) is 0 Å². The van der Waals surface area contributed by atoms with Gasteiger partial charge in [0.05, 0.1) is 11.9 Å². The van der Waals surface area contributed by atoms with Crippen LogP contribution in [-0.4, -0.2) is 29.9 Å². The Balaban J connectivity index is 2.60. The van der Waals surface area contributed by atoms with E-state index in [0.717, 1.165) is 0 Å². The number of aromatic nitrogens is 1. The van der Waals surface area contributed by atoms with Crippen LogP contribution in [0.4, 0.5) is 10.6 Å². The van der Waals surface area contributed by atoms with Gasteiger partial charge in [-0.15, -0.1) is 0 Å². The molecule has 1 aromatic rings. The Labute approximate surface area is 124 Å². The maximum absolute atomic E-state index is 12.2. The lowest BCUT2D eigenvalue weighted by Gasteiger charge is -2.20. The van der Waals surface area contributed by atoms with Crippen molar-refractivity contribution in [3.63, 3.8) is 0 Å². The highest BCUT2D eigenvalue weighted by atomic mass is 31.2. The molecule has 1 atom stereocenters. The summed E-state index contributed by atoms with van der Waals surface area (Å²) < 4.78 is 22.5. The molecule has 0 radical (unpaired) electrons. The summed E-state index contributed by atoms with van der Waals surface area (Å²) in [6.45, 7) is 9.00. The highest BCUT2D eigenvalue weighted by molar-refractivity contribution is 7.66. The Hall–Kier alpha value is -1.59. The van der Waals surface area contributed by atoms with Crippen molar-refractivity contribution in [1.29, 1.82) is 0 Å². The van der Waals surface area contributed by atoms with E-state index in [1.807, 2.05) is 0 Å². The first-order valence-electron chi connectivity index (χ1n) is 6.58. The first-order chi connectivity index (χ1) is 9.64. The fourth-order valence-electron chi connectivity index (χ4n) is 1.44. The summed E-state index contributed by atoms with van der Waals surface area (Å²) in [4.78, 5) is 15.5. The maximum atomic E-state index is 12.2. The van der Waals surface area contributed by atoms with Gasteiger partial charge < -0.3 is 9.26 Å². The smallest absolute Gasteiger partial charge is 0.426 e. The number of anilines is 1. The molecule has 7 nitrogen and oxygen atoms in total. The Morgan fingerprint density at radius 2 is 2.05 bits per heavy atom. The van der Waals surface area contributed by atoms with E-state index >= 15 is 0 Å². The van der Waals surface area contributed by atoms with Crippen molar-refractivity contribution < 1.29 is 18.6 Å². The molecule has 118 valence electrons. The number of nitrogens with one attached hydrogen (secondary N) is 2. The lowest BCUT2D eigenvalue weighted by molar-refractivity contribution is 0.0541. The van der Waals surface area contributed by atoms with Crippen LogP contribution >= 0.6 is 7.37 Å². The monoisotopic (exact) mass is 315 g/mol. The standard InChI is InChI=1S/C13H22N3O4P/c1-6-19-21(5,18)10-7-8-11(14-9-10)15-16-12(17)20-13(2,3)4/h7-9H,6H2,1-5H3,(H,14,15)(H,16,17). The molecule has 1 unspecified atom stereocenters. The molecular weight excluding hydrogens is 293 g/mol. The van der Waals surface area contributed by atoms with Crippen LogP contribution in [0, 0.1) is 0 Å². The number of amides is 1. The van der Waals surface area contributed by atoms with Crippen LogP contribution in [-0.2, 0) is 13.8 Å². The third-order valence-corrected chi connectivity index (χ3v) is 4.24. The van der Waals surface area contributed by atoms with Crippen molar-refractivity contribution in [1.82, 2.24) is 10.4 Å². The number of hydrazine groups is 1. The van der Waals surface area contributed by atoms with Crippen molar-refractivity contribution >= 4 is 24.6 Å². The second-order valence-electron chi connectivity index (χ2n) is 5.42. The molecule has 0 aromatic carbocycles. The molecule has 1 aromatic heterocycles. The van der Waals surface area contributed by atoms with E-state index in [-0.39, 0.29) is 0 Å². The zero-order chi connectivity index (χ0) is 16.1. The summed E-state index contributed by atoms with van der Waals surface area (Å²) >= 11 is 0. The number of carbonyl (C=O) groups is 1. The SMILES string of the molecule is CCOP(C)(=O)c1ccc(NNC(=O)OC(C)(C)C)nc1. The Bertz CT molecular complexity index is 525. The average molecular weight is 315 g/mol. The zero-order valence-corrected chi connectivity index (χ0v) is 13.9. The molecule has 0 bridgehead atoms. The van der Waals surface area contributed by atoms with Crippen LogP contribution in [0.15, 0.2) is 18.3 Å². The van der Waals surface area contributed by atoms with E-state index in [9.17, 15) is 9.36 Å². The van der Waals surface area contributed by atoms with Gasteiger partial charge >= 0.3 is 6.09 Å². The Morgan fingerprint density at radius 1 is 1.38 bits per heavy atom. The minimum absolute atomic E-state index is 0.369. The molecule has 2 N–H and O–H groups in total. The summed E-state index contributed by atoms with van der Waals surface area (Å²) in [6.07, 6.45) is 0.846. The fraction of sp³-hybridized carbons (Fsp3) is 0.538. The molecule has 0 aliphatic rings. The van der Waals surface area contributed by atoms with Crippen molar-refractivity contribution in [2.45, 2.75) is 33.3 Å². The molecule has 0 saturated heterocycles. The highest BCUT2D eigenvalue weighted by Gasteiger charge is 2.19. The molecule has 0 fully saturated rings. The molecular formula is C13H22N3O4P. The van der Waals surface area contributed by atoms with Gasteiger partial charge in [0.1, 0.15) is 11.4 Å². The molecule has 21 heavy (non-hydrogen) atoms. The largest absolute Gasteiger partial charge is 0.443 e. The van der Waals surface area contributed by atoms with E-state index in [0.29, 0.717) is 17.7 Å². The molecule has 1 amide bonds. The lowest BCUT2D eigenvalue weighted by Crippen LogP contribution is -2.36. The second kappa shape index (κ2) is 6.91. The van der Waals surface area contributed by atoms with Crippen LogP contribution in [0.25, 0.3) is 0 Å². The summed E-state index contributed by atoms with van der Waals surface area (Å²) in [5, 5.41) is 0.521. The van der Waals surface area contributed by atoms with Crippen LogP contribution in [0.2, 0.25) is 0 Å². The third-order valence-electron chi connectivity index (χ3n) is 2.28. The van der Waals surface area contributed by atoms with Crippen molar-refractivity contribution in [2.75, 3.05) is 18.7 Å². The summed E-state index contributed by atoms with van der Waals surface area (Å²) in [5.41, 5.74) is 4.40. The molecule has 0 aliphatic heterocycles. The first-order valence-corrected chi connectivity index (χ1v) is 8.65. The number of hydrogen-bond donors (Lipinski definition) is 2. The third kappa shape index (κ3) is 6.14. The number of nitrogens with zero attached hydrogens (tertiary/aromatic N) is 1. The average Bonchev–Trinajstić information content (AvgIpc) is 2.35. The van der Waals surface area contributed by atoms with E-state index in [2.05, 4.69) is 15.8 Å². The molecule has 0 saturated carbocycles. The number of ether oxygens (including phenoxy) is 1. The summed E-state index contributed by atoms with van der Waals surface area (Å²) in [5.74, 6) is 0.404. The van der Waals surface area contributed by atoms with E-state index in [1.165, 1.54) is 6.20 Å². The minimum Gasteiger partial charge on any atom is -0.443 e. The molecule has 0 spiro atoms. The highest BCUT2D eigenvalue weighted by Crippen LogP contribution is 2.40. The fourth-order valence-corrected chi connectivity index (χ4v) is 2.69. The minimum atomic E-state index is -2.83. The number of hydrogen-bond acceptors (Lipinski definition) is 6. The Kier molecular flexibility index (Phi) is 5.75. The van der Waals surface area contributed by atoms with Crippen LogP contribution in [0.3, 0.4) is 0 Å². The van der Waals surface area contributed by atoms with Gasteiger partial charge in [0, 0.05) is 12.9 Å². The number of rotatable bonds is 5. The van der Waals surface area contributed by atoms with Crippen LogP contribution in [0.1, 0.15) is 27.7 Å². The maximum Gasteiger partial charge on any atom is 0.426 e. The topological polar surface area (TPSA) is 89.6 Å². The molecule has 1 heterocycles. The van der Waals surface area contributed by atoms with Crippen molar-refractivity contribution in [3.05, 3.63) is 18.3 Å². The lowest BCUT2D eigenvalue weighted by atomic mass is 10.2. The van der Waals surface area contributed by atoms with Gasteiger partial charge in [-0.05, 0) is 39.8 Å². The summed E-state index contributed by atoms with van der Waals surface area (Å²) in [7, 11) is -2.83. The molecule has 0 aliphatic carbocycles. The number of pyridine rings is 1. The van der Waals surface area contributed by atoms with Crippen molar-refractivity contribution in [2.24, 2.45) is 0 Å². The van der Waals surface area contributed by atoms with Gasteiger partial charge in [-0.3, -0.25) is 9.99 Å². The summed E-state index contributed by atoms with van der Waals surface area (Å²) in [6, 6.07) is 3.24. The molecule has 8 heteroatoms. The van der Waals surface area contributed by atoms with Crippen LogP contribution < -0.4 is 16.2 Å². The van der Waals surface area contributed by atoms with Gasteiger partial charge in [-0.25, -0.2) is 15.2 Å². The zero-order valence-electron chi connectivity index (χ0n) is 13.0. The van der Waals surface area contributed by atoms with Gasteiger partial charge in [-0.2, -0.15) is 0 Å². The Morgan fingerprint density at radius 3 is 2.52 bits per heavy atom. The van der Waals surface area contributed by atoms with Gasteiger partial charge in [0.2, 0.25) is 7.37 Å². The first kappa shape index (κ1) is 17.5. The van der Waals surface area contributed by atoms with E-state index in [1.54, 1.807) is 46.5 Å². The predicted molar refractivity (Wildman–Crippen MR) is 82.0 cm³/mol. The van der Waals surface area contributed by atoms with Crippen molar-refractivity contribution in [3.8, 4) is 0 Å². The number of carbonyl (C=O) groups excluding carboxylic acids is 1. The van der Waals surface area contributed by atoms with E-state index < -0.39 is 19.1 Å². The predicted octanol–water partition coefficient (Wildman–Crippen LogP) is 2.50. The molecule has 1 rings (SSSR count). The van der Waals surface area contributed by atoms with Gasteiger partial charge in [0.15, 0.2) is 0 Å². The van der Waals surface area contributed by atoms with E-state index in [4.69, 9.17) is 9.26 Å². The van der Waals surface area contributed by atoms with Gasteiger partial charge in [-0.1, -0.05) is 0 Å². The quantitative estimate of drug-likeness (QED) is 0.641. The second-order valence-corrected chi connectivity index (χ2v) is 7.88.